The number of carbonyl (C=O) groups is 2. The number of carbonyl (C=O) groups excluding carboxylic acids is 2. The summed E-state index contributed by atoms with van der Waals surface area (Å²) in [4.78, 5) is 25.3. The van der Waals surface area contributed by atoms with Gasteiger partial charge in [-0.3, -0.25) is 4.79 Å². The highest BCUT2D eigenvalue weighted by Crippen LogP contribution is 2.32. The Morgan fingerprint density at radius 3 is 2.34 bits per heavy atom. The number of unbranched alkanes of at least 4 members (excludes halogenated alkanes) is 2. The lowest BCUT2D eigenvalue weighted by atomic mass is 9.90. The lowest BCUT2D eigenvalue weighted by molar-refractivity contribution is -0.141. The highest BCUT2D eigenvalue weighted by Gasteiger charge is 2.32. The molecule has 1 aliphatic carbocycles. The Labute approximate surface area is 209 Å². The van der Waals surface area contributed by atoms with E-state index in [9.17, 15) is 22.8 Å². The molecule has 1 saturated carbocycles. The molecule has 0 aliphatic heterocycles. The third kappa shape index (κ3) is 10.0. The lowest BCUT2D eigenvalue weighted by Gasteiger charge is -2.37. The Bertz CT molecular complexity index is 880. The molecule has 0 radical (unpaired) electrons. The van der Waals surface area contributed by atoms with Crippen molar-refractivity contribution in [3.05, 3.63) is 29.3 Å². The molecule has 11 heteroatoms. The van der Waals surface area contributed by atoms with E-state index in [4.69, 9.17) is 21.7 Å². The van der Waals surface area contributed by atoms with E-state index < -0.39 is 17.7 Å². The van der Waals surface area contributed by atoms with Gasteiger partial charge in [0.25, 0.3) is 0 Å². The number of thiocarbonyl (C=S) groups is 1. The maximum atomic E-state index is 13.5. The van der Waals surface area contributed by atoms with E-state index in [0.717, 1.165) is 37.8 Å². The van der Waals surface area contributed by atoms with Crippen molar-refractivity contribution >= 4 is 35.0 Å². The summed E-state index contributed by atoms with van der Waals surface area (Å²) in [6.45, 7) is 1.64. The number of hydrogen-bond donors (Lipinski definition) is 2. The van der Waals surface area contributed by atoms with Gasteiger partial charge in [0.1, 0.15) is 0 Å². The van der Waals surface area contributed by atoms with Crippen molar-refractivity contribution < 1.29 is 32.2 Å². The average Bonchev–Trinajstić information content (AvgIpc) is 2.77. The maximum absolute atomic E-state index is 13.5. The van der Waals surface area contributed by atoms with Gasteiger partial charge in [0.05, 0.1) is 24.3 Å². The first-order valence-electron chi connectivity index (χ1n) is 11.7. The predicted octanol–water partition coefficient (Wildman–Crippen LogP) is 4.75. The number of nitrogens with zero attached hydrogens (tertiary/aromatic N) is 1. The largest absolute Gasteiger partial charge is 0.466 e. The van der Waals surface area contributed by atoms with Crippen LogP contribution in [0.3, 0.4) is 0 Å². The van der Waals surface area contributed by atoms with Gasteiger partial charge in [-0.2, -0.15) is 13.2 Å². The lowest BCUT2D eigenvalue weighted by Crippen LogP contribution is -2.52. The van der Waals surface area contributed by atoms with Gasteiger partial charge in [-0.1, -0.05) is 12.8 Å². The second kappa shape index (κ2) is 13.6. The summed E-state index contributed by atoms with van der Waals surface area (Å²) in [6, 6.07) is 3.34. The molecule has 1 aromatic carbocycles. The molecule has 0 heterocycles. The van der Waals surface area contributed by atoms with Crippen LogP contribution < -0.4 is 10.6 Å². The van der Waals surface area contributed by atoms with Crippen LogP contribution in [0.2, 0.25) is 0 Å². The first-order chi connectivity index (χ1) is 16.5. The molecular weight excluding hydrogens is 483 g/mol. The topological polar surface area (TPSA) is 79.9 Å². The zero-order valence-corrected chi connectivity index (χ0v) is 21.2. The molecule has 2 rings (SSSR count). The van der Waals surface area contributed by atoms with Gasteiger partial charge in [-0.15, -0.1) is 0 Å². The summed E-state index contributed by atoms with van der Waals surface area (Å²) in [5.41, 5.74) is -1.13. The van der Waals surface area contributed by atoms with Crippen molar-refractivity contribution in [1.29, 1.82) is 0 Å². The third-order valence-electron chi connectivity index (χ3n) is 5.79. The van der Waals surface area contributed by atoms with Crippen LogP contribution in [0.1, 0.15) is 67.8 Å². The van der Waals surface area contributed by atoms with Crippen molar-refractivity contribution in [2.45, 2.75) is 70.1 Å². The summed E-state index contributed by atoms with van der Waals surface area (Å²) in [7, 11) is 3.98. The van der Waals surface area contributed by atoms with Gasteiger partial charge in [0, 0.05) is 24.7 Å². The number of halogens is 3. The van der Waals surface area contributed by atoms with Gasteiger partial charge in [0.15, 0.2) is 5.11 Å². The molecule has 196 valence electrons. The van der Waals surface area contributed by atoms with Crippen LogP contribution >= 0.6 is 12.2 Å². The molecule has 7 nitrogen and oxygen atoms in total. The van der Waals surface area contributed by atoms with Crippen LogP contribution in [0.25, 0.3) is 0 Å². The maximum Gasteiger partial charge on any atom is 0.416 e. The van der Waals surface area contributed by atoms with Gasteiger partial charge in [-0.05, 0) is 76.6 Å². The van der Waals surface area contributed by atoms with E-state index in [1.54, 1.807) is 0 Å². The van der Waals surface area contributed by atoms with Crippen LogP contribution in [0.5, 0.6) is 0 Å². The van der Waals surface area contributed by atoms with E-state index in [2.05, 4.69) is 15.5 Å². The average molecular weight is 518 g/mol. The van der Waals surface area contributed by atoms with E-state index in [0.29, 0.717) is 19.3 Å². The van der Waals surface area contributed by atoms with Gasteiger partial charge >= 0.3 is 18.1 Å². The Hall–Kier alpha value is -2.40. The molecule has 1 aromatic rings. The quantitative estimate of drug-likeness (QED) is 0.261. The van der Waals surface area contributed by atoms with Crippen LogP contribution in [-0.4, -0.2) is 61.3 Å². The van der Waals surface area contributed by atoms with E-state index >= 15 is 0 Å². The highest BCUT2D eigenvalue weighted by molar-refractivity contribution is 7.80. The molecule has 0 spiro atoms. The second-order valence-electron chi connectivity index (χ2n) is 8.85. The van der Waals surface area contributed by atoms with Gasteiger partial charge < -0.3 is 25.0 Å². The van der Waals surface area contributed by atoms with Crippen molar-refractivity contribution in [3.63, 3.8) is 0 Å². The molecule has 0 unspecified atom stereocenters. The zero-order chi connectivity index (χ0) is 26.0. The number of alkyl halides is 3. The molecular formula is C24H34F3N3O4S. The van der Waals surface area contributed by atoms with Crippen molar-refractivity contribution in [2.24, 2.45) is 0 Å². The number of likely N-dealkylation sites (N-methyl/N-ethyl adjacent to an activating group) is 1. The Balaban J connectivity index is 2.00. The third-order valence-corrected chi connectivity index (χ3v) is 6.01. The van der Waals surface area contributed by atoms with Crippen LogP contribution in [0.15, 0.2) is 18.2 Å². The molecule has 0 aromatic heterocycles. The number of hydrogen-bond acceptors (Lipinski definition) is 6. The minimum atomic E-state index is -4.64. The van der Waals surface area contributed by atoms with E-state index in [-0.39, 0.29) is 47.6 Å². The van der Waals surface area contributed by atoms with Crippen LogP contribution in [-0.2, 0) is 20.4 Å². The molecule has 0 saturated heterocycles. The Kier molecular flexibility index (Phi) is 11.2. The molecule has 2 atom stereocenters. The molecule has 2 N–H and O–H groups in total. The van der Waals surface area contributed by atoms with Crippen molar-refractivity contribution in [2.75, 3.05) is 32.6 Å². The monoisotopic (exact) mass is 517 g/mol. The summed E-state index contributed by atoms with van der Waals surface area (Å²) in [6.07, 6.45) is 1.19. The summed E-state index contributed by atoms with van der Waals surface area (Å²) in [5, 5.41) is 6.23. The minimum absolute atomic E-state index is 0.0471. The minimum Gasteiger partial charge on any atom is -0.466 e. The molecule has 0 amide bonds. The Morgan fingerprint density at radius 1 is 1.06 bits per heavy atom. The molecule has 1 fully saturated rings. The standard InChI is InChI=1S/C24H34F3N3O4S/c1-16(31)33-11-7-4-8-12-34-22(32)17-13-18(24(25,26)27)15-19(14-17)28-23(35)29-20-9-5-6-10-21(20)30(2)3/h13-15,20-21H,4-12H2,1-3H3,(H2,28,29,35)/t20-,21-/m1/s1. The second-order valence-corrected chi connectivity index (χ2v) is 9.26. The molecule has 0 bridgehead atoms. The summed E-state index contributed by atoms with van der Waals surface area (Å²) in [5.74, 6) is -1.21. The van der Waals surface area contributed by atoms with E-state index in [1.165, 1.54) is 13.0 Å². The van der Waals surface area contributed by atoms with Gasteiger partial charge in [0.2, 0.25) is 0 Å². The first-order valence-corrected chi connectivity index (χ1v) is 12.1. The van der Waals surface area contributed by atoms with Crippen molar-refractivity contribution in [1.82, 2.24) is 10.2 Å². The van der Waals surface area contributed by atoms with Crippen LogP contribution in [0.4, 0.5) is 18.9 Å². The number of ether oxygens (including phenoxy) is 2. The summed E-state index contributed by atoms with van der Waals surface area (Å²) >= 11 is 5.37. The zero-order valence-electron chi connectivity index (χ0n) is 20.4. The molecule has 1 aliphatic rings. The van der Waals surface area contributed by atoms with Crippen LogP contribution in [0, 0.1) is 0 Å². The fraction of sp³-hybridized carbons (Fsp3) is 0.625. The number of nitrogens with one attached hydrogen (secondary N) is 2. The van der Waals surface area contributed by atoms with Crippen molar-refractivity contribution in [3.8, 4) is 0 Å². The smallest absolute Gasteiger partial charge is 0.416 e. The molecule has 35 heavy (non-hydrogen) atoms. The number of rotatable bonds is 10. The fourth-order valence-corrected chi connectivity index (χ4v) is 4.33. The predicted molar refractivity (Wildman–Crippen MR) is 131 cm³/mol. The number of esters is 2. The fourth-order valence-electron chi connectivity index (χ4n) is 4.06. The number of benzene rings is 1. The summed E-state index contributed by atoms with van der Waals surface area (Å²) < 4.78 is 50.4. The SMILES string of the molecule is CC(=O)OCCCCCOC(=O)c1cc(NC(=S)N[C@@H]2CCCC[C@H]2N(C)C)cc(C(F)(F)F)c1. The Morgan fingerprint density at radius 2 is 1.71 bits per heavy atom. The van der Waals surface area contributed by atoms with E-state index in [1.807, 2.05) is 14.1 Å². The number of anilines is 1. The highest BCUT2D eigenvalue weighted by atomic mass is 32.1. The van der Waals surface area contributed by atoms with Gasteiger partial charge in [-0.25, -0.2) is 4.79 Å². The normalized spacial score (nSPS) is 18.1. The first kappa shape index (κ1) is 28.8.